The van der Waals surface area contributed by atoms with Gasteiger partial charge >= 0.3 is 6.09 Å². The number of carbonyl (C=O) groups excluding carboxylic acids is 3. The highest BCUT2D eigenvalue weighted by Gasteiger charge is 2.45. The molecular weight excluding hydrogens is 326 g/mol. The van der Waals surface area contributed by atoms with E-state index in [1.54, 1.807) is 0 Å². The van der Waals surface area contributed by atoms with Crippen LogP contribution >= 0.6 is 0 Å². The lowest BCUT2D eigenvalue weighted by Gasteiger charge is -2.45. The fourth-order valence-corrected chi connectivity index (χ4v) is 3.06. The Kier molecular flexibility index (Phi) is 4.89. The van der Waals surface area contributed by atoms with Gasteiger partial charge in [-0.25, -0.2) is 4.79 Å². The molecule has 2 heterocycles. The predicted molar refractivity (Wildman–Crippen MR) is 87.3 cm³/mol. The van der Waals surface area contributed by atoms with Gasteiger partial charge < -0.3 is 25.0 Å². The smallest absolute Gasteiger partial charge is 0.410 e. The minimum atomic E-state index is -0.966. The number of benzene rings is 1. The molecule has 0 aromatic heterocycles. The van der Waals surface area contributed by atoms with Gasteiger partial charge in [-0.2, -0.15) is 0 Å². The van der Waals surface area contributed by atoms with Crippen LogP contribution in [0.1, 0.15) is 12.5 Å². The minimum Gasteiger partial charge on any atom is -0.445 e. The van der Waals surface area contributed by atoms with E-state index in [-0.39, 0.29) is 38.1 Å². The highest BCUT2D eigenvalue weighted by molar-refractivity contribution is 5.98. The Morgan fingerprint density at radius 2 is 2.04 bits per heavy atom. The molecule has 0 aliphatic carbocycles. The summed E-state index contributed by atoms with van der Waals surface area (Å²) < 4.78 is 5.28. The second kappa shape index (κ2) is 7.10. The number of hydrogen-bond donors (Lipinski definition) is 2. The number of nitrogens with zero attached hydrogens (tertiary/aromatic N) is 2. The second-order valence-electron chi connectivity index (χ2n) is 6.26. The molecule has 2 fully saturated rings. The van der Waals surface area contributed by atoms with Gasteiger partial charge in [0.05, 0.1) is 12.6 Å². The maximum Gasteiger partial charge on any atom is 0.410 e. The molecule has 2 aliphatic heterocycles. The Morgan fingerprint density at radius 3 is 2.72 bits per heavy atom. The van der Waals surface area contributed by atoms with Crippen LogP contribution in [0.5, 0.6) is 0 Å². The lowest BCUT2D eigenvalue weighted by molar-refractivity contribution is -0.155. The molecule has 8 heteroatoms. The average molecular weight is 347 g/mol. The molecule has 1 aromatic carbocycles. The molecule has 3 amide bonds. The van der Waals surface area contributed by atoms with Crippen molar-refractivity contribution >= 4 is 17.9 Å². The summed E-state index contributed by atoms with van der Waals surface area (Å²) in [6, 6.07) is 7.63. The van der Waals surface area contributed by atoms with Gasteiger partial charge in [-0.15, -0.1) is 0 Å². The van der Waals surface area contributed by atoms with Crippen LogP contribution in [-0.4, -0.2) is 70.6 Å². The molecule has 1 aromatic rings. The van der Waals surface area contributed by atoms with Gasteiger partial charge in [0, 0.05) is 13.1 Å². The number of piperazine rings is 2. The highest BCUT2D eigenvalue weighted by Crippen LogP contribution is 2.18. The van der Waals surface area contributed by atoms with Gasteiger partial charge in [0.2, 0.25) is 11.8 Å². The van der Waals surface area contributed by atoms with E-state index in [2.05, 4.69) is 5.32 Å². The van der Waals surface area contributed by atoms with E-state index in [1.165, 1.54) is 16.7 Å². The first-order valence-corrected chi connectivity index (χ1v) is 8.22. The summed E-state index contributed by atoms with van der Waals surface area (Å²) in [4.78, 5) is 39.7. The number of hydrogen-bond acceptors (Lipinski definition) is 5. The third-order valence-electron chi connectivity index (χ3n) is 4.48. The van der Waals surface area contributed by atoms with Crippen LogP contribution in [-0.2, 0) is 20.9 Å². The van der Waals surface area contributed by atoms with Crippen molar-refractivity contribution < 1.29 is 24.2 Å². The Labute approximate surface area is 145 Å². The number of amides is 3. The molecule has 0 saturated carbocycles. The molecule has 2 saturated heterocycles. The van der Waals surface area contributed by atoms with E-state index in [4.69, 9.17) is 4.74 Å². The summed E-state index contributed by atoms with van der Waals surface area (Å²) in [5, 5.41) is 12.2. The number of ether oxygens (including phenoxy) is 1. The molecule has 0 radical (unpaired) electrons. The van der Waals surface area contributed by atoms with Crippen LogP contribution in [0.15, 0.2) is 30.3 Å². The van der Waals surface area contributed by atoms with Crippen LogP contribution in [0.25, 0.3) is 0 Å². The molecule has 8 nitrogen and oxygen atoms in total. The van der Waals surface area contributed by atoms with E-state index in [1.807, 2.05) is 30.3 Å². The minimum absolute atomic E-state index is 0.0811. The number of aliphatic hydroxyl groups is 1. The summed E-state index contributed by atoms with van der Waals surface area (Å²) in [7, 11) is 0. The van der Waals surface area contributed by atoms with Crippen molar-refractivity contribution in [3.8, 4) is 0 Å². The molecule has 0 unspecified atom stereocenters. The summed E-state index contributed by atoms with van der Waals surface area (Å²) in [5.74, 6) is -0.692. The third kappa shape index (κ3) is 3.58. The Hall–Kier alpha value is -2.61. The van der Waals surface area contributed by atoms with Crippen molar-refractivity contribution in [2.75, 3.05) is 19.6 Å². The molecular formula is C17H21N3O5. The number of nitrogens with one attached hydrogen (secondary N) is 1. The lowest BCUT2D eigenvalue weighted by Crippen LogP contribution is -2.71. The van der Waals surface area contributed by atoms with Gasteiger partial charge in [0.15, 0.2) is 0 Å². The van der Waals surface area contributed by atoms with Gasteiger partial charge in [-0.1, -0.05) is 30.3 Å². The van der Waals surface area contributed by atoms with Crippen LogP contribution in [0, 0.1) is 0 Å². The van der Waals surface area contributed by atoms with Crippen molar-refractivity contribution in [3.05, 3.63) is 35.9 Å². The Morgan fingerprint density at radius 1 is 1.32 bits per heavy atom. The monoisotopic (exact) mass is 347 g/mol. The molecule has 2 aliphatic rings. The normalized spacial score (nSPS) is 24.4. The second-order valence-corrected chi connectivity index (χ2v) is 6.26. The molecule has 3 rings (SSSR count). The van der Waals surface area contributed by atoms with Crippen molar-refractivity contribution in [2.45, 2.75) is 31.7 Å². The van der Waals surface area contributed by atoms with Crippen LogP contribution in [0.2, 0.25) is 0 Å². The zero-order valence-electron chi connectivity index (χ0n) is 13.9. The van der Waals surface area contributed by atoms with Gasteiger partial charge in [-0.3, -0.25) is 9.59 Å². The molecule has 3 atom stereocenters. The first kappa shape index (κ1) is 17.2. The van der Waals surface area contributed by atoms with Crippen molar-refractivity contribution in [2.24, 2.45) is 0 Å². The van der Waals surface area contributed by atoms with E-state index in [0.29, 0.717) is 0 Å². The van der Waals surface area contributed by atoms with E-state index >= 15 is 0 Å². The lowest BCUT2D eigenvalue weighted by atomic mass is 10.0. The fraction of sp³-hybridized carbons (Fsp3) is 0.471. The number of rotatable bonds is 3. The summed E-state index contributed by atoms with van der Waals surface area (Å²) in [5.41, 5.74) is 0.875. The van der Waals surface area contributed by atoms with E-state index < -0.39 is 24.3 Å². The standard InChI is InChI=1S/C17H21N3O5/c1-11(21)14-16(23)20-8-7-19(9-13(20)15(22)18-14)17(24)25-10-12-5-3-2-4-6-12/h2-6,11,13-14,21H,7-10H2,1H3,(H,18,22)/t11-,13-,14+/m1/s1. The zero-order valence-corrected chi connectivity index (χ0v) is 13.9. The Balaban J connectivity index is 1.60. The molecule has 25 heavy (non-hydrogen) atoms. The predicted octanol–water partition coefficient (Wildman–Crippen LogP) is -0.285. The van der Waals surface area contributed by atoms with E-state index in [0.717, 1.165) is 5.56 Å². The SMILES string of the molecule is C[C@@H](O)[C@@H]1NC(=O)[C@H]2CN(C(=O)OCc3ccccc3)CCN2C1=O. The van der Waals surface area contributed by atoms with Crippen LogP contribution in [0.4, 0.5) is 4.79 Å². The van der Waals surface area contributed by atoms with Crippen LogP contribution in [0.3, 0.4) is 0 Å². The van der Waals surface area contributed by atoms with Gasteiger partial charge in [-0.05, 0) is 12.5 Å². The Bertz CT molecular complexity index is 664. The topological polar surface area (TPSA) is 99.2 Å². The molecule has 2 N–H and O–H groups in total. The highest BCUT2D eigenvalue weighted by atomic mass is 16.6. The number of fused-ring (bicyclic) bond motifs is 1. The van der Waals surface area contributed by atoms with Crippen molar-refractivity contribution in [1.82, 2.24) is 15.1 Å². The molecule has 134 valence electrons. The molecule has 0 bridgehead atoms. The maximum absolute atomic E-state index is 12.4. The summed E-state index contributed by atoms with van der Waals surface area (Å²) in [6.45, 7) is 2.22. The zero-order chi connectivity index (χ0) is 18.0. The van der Waals surface area contributed by atoms with Crippen LogP contribution < -0.4 is 5.32 Å². The number of carbonyl (C=O) groups is 3. The fourth-order valence-electron chi connectivity index (χ4n) is 3.06. The summed E-state index contributed by atoms with van der Waals surface area (Å²) >= 11 is 0. The van der Waals surface area contributed by atoms with Gasteiger partial charge in [0.25, 0.3) is 0 Å². The van der Waals surface area contributed by atoms with Gasteiger partial charge in [0.1, 0.15) is 18.7 Å². The third-order valence-corrected chi connectivity index (χ3v) is 4.48. The quantitative estimate of drug-likeness (QED) is 0.783. The first-order chi connectivity index (χ1) is 12.0. The van der Waals surface area contributed by atoms with Crippen molar-refractivity contribution in [3.63, 3.8) is 0 Å². The van der Waals surface area contributed by atoms with Crippen molar-refractivity contribution in [1.29, 1.82) is 0 Å². The first-order valence-electron chi connectivity index (χ1n) is 8.22. The summed E-state index contributed by atoms with van der Waals surface area (Å²) in [6.07, 6.45) is -1.48. The molecule has 0 spiro atoms. The largest absolute Gasteiger partial charge is 0.445 e. The maximum atomic E-state index is 12.4. The average Bonchev–Trinajstić information content (AvgIpc) is 2.63. The number of aliphatic hydroxyl groups excluding tert-OH is 1. The van der Waals surface area contributed by atoms with E-state index in [9.17, 15) is 19.5 Å².